The van der Waals surface area contributed by atoms with Crippen LogP contribution in [0.15, 0.2) is 47.4 Å². The highest BCUT2D eigenvalue weighted by Gasteiger charge is 2.45. The number of nitrogens with zero attached hydrogens (tertiary/aromatic N) is 1. The number of halogens is 1. The number of amides is 2. The standard InChI is InChI=1S/C17H15ClN2O4S/c1-10-13(18)7-5-8-14(10)19-16(21)11(2)20-17(22)12-6-3-4-9-15(12)25(20,23)24/h3-9,11H,1-2H3,(H,19,21)/t11-/m0/s1. The first-order valence-electron chi connectivity index (χ1n) is 7.49. The van der Waals surface area contributed by atoms with E-state index in [4.69, 9.17) is 11.6 Å². The molecule has 0 saturated carbocycles. The summed E-state index contributed by atoms with van der Waals surface area (Å²) in [5.74, 6) is -1.32. The zero-order valence-corrected chi connectivity index (χ0v) is 15.1. The maximum Gasteiger partial charge on any atom is 0.269 e. The number of rotatable bonds is 3. The first-order valence-corrected chi connectivity index (χ1v) is 9.30. The Kier molecular flexibility index (Phi) is 4.30. The molecule has 8 heteroatoms. The second-order valence-corrected chi connectivity index (χ2v) is 7.87. The lowest BCUT2D eigenvalue weighted by molar-refractivity contribution is -0.118. The summed E-state index contributed by atoms with van der Waals surface area (Å²) in [6.45, 7) is 3.10. The van der Waals surface area contributed by atoms with Gasteiger partial charge in [-0.3, -0.25) is 9.59 Å². The third-order valence-electron chi connectivity index (χ3n) is 4.11. The van der Waals surface area contributed by atoms with E-state index in [2.05, 4.69) is 5.32 Å². The molecule has 1 heterocycles. The van der Waals surface area contributed by atoms with Crippen molar-refractivity contribution in [2.45, 2.75) is 24.8 Å². The lowest BCUT2D eigenvalue weighted by Gasteiger charge is -2.22. The smallest absolute Gasteiger partial charge is 0.269 e. The average Bonchev–Trinajstić information content (AvgIpc) is 2.78. The second-order valence-electron chi connectivity index (χ2n) is 5.68. The van der Waals surface area contributed by atoms with Gasteiger partial charge in [-0.15, -0.1) is 0 Å². The van der Waals surface area contributed by atoms with Crippen molar-refractivity contribution in [2.24, 2.45) is 0 Å². The summed E-state index contributed by atoms with van der Waals surface area (Å²) in [6.07, 6.45) is 0. The monoisotopic (exact) mass is 378 g/mol. The summed E-state index contributed by atoms with van der Waals surface area (Å²) in [5.41, 5.74) is 1.19. The highest BCUT2D eigenvalue weighted by atomic mass is 35.5. The molecule has 2 amide bonds. The fourth-order valence-electron chi connectivity index (χ4n) is 2.67. The first-order chi connectivity index (χ1) is 11.7. The van der Waals surface area contributed by atoms with Gasteiger partial charge < -0.3 is 5.32 Å². The Labute approximate surface area is 150 Å². The summed E-state index contributed by atoms with van der Waals surface area (Å²) in [4.78, 5) is 24.9. The van der Waals surface area contributed by atoms with E-state index in [0.29, 0.717) is 20.6 Å². The topological polar surface area (TPSA) is 83.6 Å². The number of hydrogen-bond acceptors (Lipinski definition) is 4. The zero-order chi connectivity index (χ0) is 18.4. The number of anilines is 1. The fraction of sp³-hybridized carbons (Fsp3) is 0.176. The molecule has 0 radical (unpaired) electrons. The minimum absolute atomic E-state index is 0.0705. The molecule has 0 fully saturated rings. The van der Waals surface area contributed by atoms with Gasteiger partial charge in [0.05, 0.1) is 5.56 Å². The number of nitrogens with one attached hydrogen (secondary N) is 1. The molecule has 2 aromatic rings. The molecule has 25 heavy (non-hydrogen) atoms. The van der Waals surface area contributed by atoms with Crippen LogP contribution in [-0.4, -0.2) is 30.6 Å². The van der Waals surface area contributed by atoms with Gasteiger partial charge in [-0.05, 0) is 43.7 Å². The van der Waals surface area contributed by atoms with Crippen molar-refractivity contribution >= 4 is 39.1 Å². The van der Waals surface area contributed by atoms with Gasteiger partial charge in [0.2, 0.25) is 5.91 Å². The van der Waals surface area contributed by atoms with Crippen molar-refractivity contribution in [1.29, 1.82) is 0 Å². The highest BCUT2D eigenvalue weighted by Crippen LogP contribution is 2.32. The van der Waals surface area contributed by atoms with Crippen molar-refractivity contribution in [3.63, 3.8) is 0 Å². The predicted octanol–water partition coefficient (Wildman–Crippen LogP) is 2.82. The van der Waals surface area contributed by atoms with Crippen LogP contribution in [0, 0.1) is 6.92 Å². The molecule has 0 bridgehead atoms. The highest BCUT2D eigenvalue weighted by molar-refractivity contribution is 7.90. The number of benzene rings is 2. The van der Waals surface area contributed by atoms with Crippen molar-refractivity contribution in [3.05, 3.63) is 58.6 Å². The molecule has 1 atom stereocenters. The van der Waals surface area contributed by atoms with Gasteiger partial charge in [-0.25, -0.2) is 12.7 Å². The Morgan fingerprint density at radius 1 is 1.16 bits per heavy atom. The Hall–Kier alpha value is -2.38. The fourth-order valence-corrected chi connectivity index (χ4v) is 4.57. The normalized spacial score (nSPS) is 16.4. The molecule has 3 rings (SSSR count). The van der Waals surface area contributed by atoms with Crippen LogP contribution in [0.2, 0.25) is 5.02 Å². The van der Waals surface area contributed by atoms with E-state index < -0.39 is 27.9 Å². The van der Waals surface area contributed by atoms with E-state index in [-0.39, 0.29) is 10.5 Å². The molecule has 0 unspecified atom stereocenters. The molecule has 1 N–H and O–H groups in total. The van der Waals surface area contributed by atoms with Crippen LogP contribution in [0.5, 0.6) is 0 Å². The number of fused-ring (bicyclic) bond motifs is 1. The van der Waals surface area contributed by atoms with E-state index in [1.165, 1.54) is 25.1 Å². The third-order valence-corrected chi connectivity index (χ3v) is 6.43. The van der Waals surface area contributed by atoms with Crippen molar-refractivity contribution in [2.75, 3.05) is 5.32 Å². The largest absolute Gasteiger partial charge is 0.324 e. The van der Waals surface area contributed by atoms with E-state index in [1.807, 2.05) is 0 Å². The van der Waals surface area contributed by atoms with Crippen LogP contribution in [0.25, 0.3) is 0 Å². The van der Waals surface area contributed by atoms with Gasteiger partial charge in [0, 0.05) is 10.7 Å². The van der Waals surface area contributed by atoms with Gasteiger partial charge in [0.1, 0.15) is 10.9 Å². The molecule has 6 nitrogen and oxygen atoms in total. The Bertz CT molecular complexity index is 988. The quantitative estimate of drug-likeness (QED) is 0.890. The van der Waals surface area contributed by atoms with Crippen molar-refractivity contribution < 1.29 is 18.0 Å². The summed E-state index contributed by atoms with van der Waals surface area (Å²) in [7, 11) is -4.05. The van der Waals surface area contributed by atoms with E-state index >= 15 is 0 Å². The summed E-state index contributed by atoms with van der Waals surface area (Å²) >= 11 is 6.02. The number of hydrogen-bond donors (Lipinski definition) is 1. The second kappa shape index (κ2) is 6.16. The molecule has 0 aromatic heterocycles. The van der Waals surface area contributed by atoms with Crippen LogP contribution < -0.4 is 5.32 Å². The minimum Gasteiger partial charge on any atom is -0.324 e. The maximum atomic E-state index is 12.6. The average molecular weight is 379 g/mol. The molecule has 1 aliphatic heterocycles. The summed E-state index contributed by atoms with van der Waals surface area (Å²) < 4.78 is 25.9. The number of carbonyl (C=O) groups is 2. The molecular weight excluding hydrogens is 364 g/mol. The Morgan fingerprint density at radius 3 is 2.52 bits per heavy atom. The molecular formula is C17H15ClN2O4S. The number of carbonyl (C=O) groups excluding carboxylic acids is 2. The van der Waals surface area contributed by atoms with Crippen LogP contribution >= 0.6 is 11.6 Å². The van der Waals surface area contributed by atoms with Crippen LogP contribution in [0.4, 0.5) is 5.69 Å². The van der Waals surface area contributed by atoms with E-state index in [9.17, 15) is 18.0 Å². The van der Waals surface area contributed by atoms with Gasteiger partial charge in [-0.2, -0.15) is 0 Å². The summed E-state index contributed by atoms with van der Waals surface area (Å²) in [6, 6.07) is 9.70. The van der Waals surface area contributed by atoms with Crippen LogP contribution in [-0.2, 0) is 14.8 Å². The molecule has 2 aromatic carbocycles. The molecule has 0 saturated heterocycles. The van der Waals surface area contributed by atoms with Crippen molar-refractivity contribution in [3.8, 4) is 0 Å². The molecule has 1 aliphatic rings. The SMILES string of the molecule is Cc1c(Cl)cccc1NC(=O)[C@H](C)N1C(=O)c2ccccc2S1(=O)=O. The van der Waals surface area contributed by atoms with Gasteiger partial charge in [0.25, 0.3) is 15.9 Å². The van der Waals surface area contributed by atoms with E-state index in [0.717, 1.165) is 0 Å². The zero-order valence-electron chi connectivity index (χ0n) is 13.5. The third kappa shape index (κ3) is 2.79. The first kappa shape index (κ1) is 17.4. The Balaban J connectivity index is 1.91. The number of sulfonamides is 1. The van der Waals surface area contributed by atoms with E-state index in [1.54, 1.807) is 31.2 Å². The van der Waals surface area contributed by atoms with Gasteiger partial charge in [0.15, 0.2) is 0 Å². The lowest BCUT2D eigenvalue weighted by Crippen LogP contribution is -2.45. The van der Waals surface area contributed by atoms with Crippen molar-refractivity contribution in [1.82, 2.24) is 4.31 Å². The maximum absolute atomic E-state index is 12.6. The van der Waals surface area contributed by atoms with Crippen LogP contribution in [0.3, 0.4) is 0 Å². The van der Waals surface area contributed by atoms with Gasteiger partial charge >= 0.3 is 0 Å². The predicted molar refractivity (Wildman–Crippen MR) is 94.1 cm³/mol. The molecule has 0 aliphatic carbocycles. The lowest BCUT2D eigenvalue weighted by atomic mass is 10.1. The minimum atomic E-state index is -4.05. The molecule has 0 spiro atoms. The summed E-state index contributed by atoms with van der Waals surface area (Å²) in [5, 5.41) is 3.11. The van der Waals surface area contributed by atoms with Gasteiger partial charge in [-0.1, -0.05) is 29.8 Å². The Morgan fingerprint density at radius 2 is 1.84 bits per heavy atom. The molecule has 130 valence electrons. The van der Waals surface area contributed by atoms with Crippen LogP contribution in [0.1, 0.15) is 22.8 Å².